The fraction of sp³-hybridized carbons (Fsp3) is 0.789. The lowest BCUT2D eigenvalue weighted by atomic mass is 9.53. The number of hydrogen-bond donors (Lipinski definition) is 1. The van der Waals surface area contributed by atoms with Gasteiger partial charge in [0, 0.05) is 17.5 Å². The quantitative estimate of drug-likeness (QED) is 0.909. The van der Waals surface area contributed by atoms with E-state index in [9.17, 15) is 4.79 Å². The molecule has 4 heteroatoms. The Balaban J connectivity index is 1.39. The second-order valence-electron chi connectivity index (χ2n) is 8.93. The van der Waals surface area contributed by atoms with Crippen LogP contribution in [0, 0.1) is 23.7 Å². The second-order valence-corrected chi connectivity index (χ2v) is 8.93. The molecule has 1 amide bonds. The molecule has 4 fully saturated rings. The minimum atomic E-state index is 0.0195. The van der Waals surface area contributed by atoms with Crippen LogP contribution in [0.25, 0.3) is 0 Å². The minimum absolute atomic E-state index is 0.0195. The zero-order valence-electron chi connectivity index (χ0n) is 13.9. The van der Waals surface area contributed by atoms with E-state index < -0.39 is 0 Å². The van der Waals surface area contributed by atoms with Crippen molar-refractivity contribution in [2.75, 3.05) is 0 Å². The Morgan fingerprint density at radius 3 is 2.48 bits per heavy atom. The molecule has 0 saturated heterocycles. The van der Waals surface area contributed by atoms with Crippen LogP contribution in [0.1, 0.15) is 73.7 Å². The molecule has 1 heterocycles. The van der Waals surface area contributed by atoms with Gasteiger partial charge < -0.3 is 9.84 Å². The van der Waals surface area contributed by atoms with E-state index in [-0.39, 0.29) is 11.4 Å². The lowest BCUT2D eigenvalue weighted by Crippen LogP contribution is -2.60. The monoisotopic (exact) mass is 314 g/mol. The first kappa shape index (κ1) is 14.1. The maximum Gasteiger partial charge on any atom is 0.274 e. The van der Waals surface area contributed by atoms with Crippen LogP contribution in [0.3, 0.4) is 0 Å². The smallest absolute Gasteiger partial charge is 0.274 e. The van der Waals surface area contributed by atoms with Crippen LogP contribution < -0.4 is 5.32 Å². The van der Waals surface area contributed by atoms with Crippen LogP contribution in [0.4, 0.5) is 0 Å². The van der Waals surface area contributed by atoms with Crippen molar-refractivity contribution in [3.63, 3.8) is 0 Å². The second kappa shape index (κ2) is 4.84. The van der Waals surface area contributed by atoms with Crippen molar-refractivity contribution < 1.29 is 9.32 Å². The molecule has 0 radical (unpaired) electrons. The third kappa shape index (κ3) is 2.25. The molecular formula is C19H26N2O2. The van der Waals surface area contributed by atoms with Gasteiger partial charge in [0.2, 0.25) is 0 Å². The molecule has 5 aliphatic carbocycles. The topological polar surface area (TPSA) is 55.1 Å². The Bertz CT molecular complexity index is 613. The molecule has 124 valence electrons. The highest BCUT2D eigenvalue weighted by molar-refractivity contribution is 5.94. The van der Waals surface area contributed by atoms with E-state index in [1.54, 1.807) is 0 Å². The van der Waals surface area contributed by atoms with Crippen LogP contribution >= 0.6 is 0 Å². The van der Waals surface area contributed by atoms with Gasteiger partial charge in [0.05, 0.1) is 0 Å². The van der Waals surface area contributed by atoms with Crippen molar-refractivity contribution in [2.45, 2.75) is 70.3 Å². The Morgan fingerprint density at radius 2 is 1.83 bits per heavy atom. The predicted molar refractivity (Wildman–Crippen MR) is 86.1 cm³/mol. The van der Waals surface area contributed by atoms with E-state index in [1.807, 2.05) is 0 Å². The number of carbonyl (C=O) groups excluding carboxylic acids is 1. The summed E-state index contributed by atoms with van der Waals surface area (Å²) in [5, 5.41) is 7.57. The SMILES string of the molecule is CC1CCc2onc(C(=O)NC34CC5CC(CC(C5)C3)C4)c2C1. The van der Waals surface area contributed by atoms with Crippen LogP contribution in [0.5, 0.6) is 0 Å². The number of nitrogens with zero attached hydrogens (tertiary/aromatic N) is 1. The van der Waals surface area contributed by atoms with Gasteiger partial charge in [-0.25, -0.2) is 0 Å². The van der Waals surface area contributed by atoms with Crippen molar-refractivity contribution in [1.29, 1.82) is 0 Å². The first-order valence-corrected chi connectivity index (χ1v) is 9.40. The molecule has 1 N–H and O–H groups in total. The van der Waals surface area contributed by atoms with E-state index in [0.717, 1.165) is 48.3 Å². The Labute approximate surface area is 137 Å². The summed E-state index contributed by atoms with van der Waals surface area (Å²) in [6.45, 7) is 2.25. The maximum atomic E-state index is 12.9. The first-order valence-electron chi connectivity index (χ1n) is 9.40. The molecular weight excluding hydrogens is 288 g/mol. The molecule has 1 aromatic rings. The lowest BCUT2D eigenvalue weighted by Gasteiger charge is -2.56. The van der Waals surface area contributed by atoms with Crippen molar-refractivity contribution in [2.24, 2.45) is 23.7 Å². The van der Waals surface area contributed by atoms with Gasteiger partial charge in [-0.15, -0.1) is 0 Å². The van der Waals surface area contributed by atoms with Gasteiger partial charge in [-0.2, -0.15) is 0 Å². The summed E-state index contributed by atoms with van der Waals surface area (Å²) < 4.78 is 5.47. The number of hydrogen-bond acceptors (Lipinski definition) is 3. The maximum absolute atomic E-state index is 12.9. The molecule has 1 atom stereocenters. The molecule has 23 heavy (non-hydrogen) atoms. The van der Waals surface area contributed by atoms with Gasteiger partial charge in [0.1, 0.15) is 5.76 Å². The Hall–Kier alpha value is -1.32. The normalized spacial score (nSPS) is 40.9. The van der Waals surface area contributed by atoms with Gasteiger partial charge in [0.25, 0.3) is 5.91 Å². The fourth-order valence-electron chi connectivity index (χ4n) is 6.32. The number of carbonyl (C=O) groups is 1. The van der Waals surface area contributed by atoms with Gasteiger partial charge in [-0.3, -0.25) is 4.79 Å². The van der Waals surface area contributed by atoms with Crippen molar-refractivity contribution in [3.05, 3.63) is 17.0 Å². The fourth-order valence-corrected chi connectivity index (χ4v) is 6.32. The summed E-state index contributed by atoms with van der Waals surface area (Å²) in [6.07, 6.45) is 10.7. The van der Waals surface area contributed by atoms with Crippen molar-refractivity contribution in [3.8, 4) is 0 Å². The molecule has 1 unspecified atom stereocenters. The zero-order chi connectivity index (χ0) is 15.6. The van der Waals surface area contributed by atoms with Crippen molar-refractivity contribution in [1.82, 2.24) is 10.5 Å². The average molecular weight is 314 g/mol. The number of nitrogens with one attached hydrogen (secondary N) is 1. The van der Waals surface area contributed by atoms with E-state index in [2.05, 4.69) is 17.4 Å². The summed E-state index contributed by atoms with van der Waals surface area (Å²) in [7, 11) is 0. The Kier molecular flexibility index (Phi) is 2.96. The van der Waals surface area contributed by atoms with Gasteiger partial charge in [-0.1, -0.05) is 12.1 Å². The van der Waals surface area contributed by atoms with E-state index >= 15 is 0 Å². The third-order valence-corrected chi connectivity index (χ3v) is 6.92. The van der Waals surface area contributed by atoms with Crippen molar-refractivity contribution >= 4 is 5.91 Å². The Morgan fingerprint density at radius 1 is 1.17 bits per heavy atom. The van der Waals surface area contributed by atoms with Crippen LogP contribution in [-0.2, 0) is 12.8 Å². The number of fused-ring (bicyclic) bond motifs is 1. The highest BCUT2D eigenvalue weighted by Crippen LogP contribution is 2.55. The lowest BCUT2D eigenvalue weighted by molar-refractivity contribution is -0.0168. The van der Waals surface area contributed by atoms with E-state index in [1.165, 1.54) is 38.5 Å². The molecule has 4 nitrogen and oxygen atoms in total. The predicted octanol–water partition coefficient (Wildman–Crippen LogP) is 3.50. The third-order valence-electron chi connectivity index (χ3n) is 6.92. The molecule has 5 aliphatic rings. The van der Waals surface area contributed by atoms with Crippen LogP contribution in [-0.4, -0.2) is 16.6 Å². The summed E-state index contributed by atoms with van der Waals surface area (Å²) >= 11 is 0. The molecule has 4 saturated carbocycles. The highest BCUT2D eigenvalue weighted by Gasteiger charge is 2.51. The number of amides is 1. The molecule has 4 bridgehead atoms. The number of aryl methyl sites for hydroxylation is 1. The van der Waals surface area contributed by atoms with E-state index in [4.69, 9.17) is 4.52 Å². The van der Waals surface area contributed by atoms with Gasteiger partial charge in [0.15, 0.2) is 5.69 Å². The molecule has 0 aromatic carbocycles. The van der Waals surface area contributed by atoms with Crippen LogP contribution in [0.2, 0.25) is 0 Å². The van der Waals surface area contributed by atoms with E-state index in [0.29, 0.717) is 11.6 Å². The van der Waals surface area contributed by atoms with Gasteiger partial charge >= 0.3 is 0 Å². The van der Waals surface area contributed by atoms with Crippen LogP contribution in [0.15, 0.2) is 4.52 Å². The standard InChI is InChI=1S/C19H26N2O2/c1-11-2-3-16-15(4-11)17(21-23-16)18(22)20-19-8-12-5-13(9-19)7-14(6-12)10-19/h11-14H,2-10H2,1H3,(H,20,22). The van der Waals surface area contributed by atoms with Gasteiger partial charge in [-0.05, 0) is 75.0 Å². The molecule has 1 aromatic heterocycles. The summed E-state index contributed by atoms with van der Waals surface area (Å²) in [6, 6.07) is 0. The molecule has 0 spiro atoms. The summed E-state index contributed by atoms with van der Waals surface area (Å²) in [5.74, 6) is 4.10. The highest BCUT2D eigenvalue weighted by atomic mass is 16.5. The number of rotatable bonds is 2. The number of aromatic nitrogens is 1. The summed E-state index contributed by atoms with van der Waals surface area (Å²) in [5.41, 5.74) is 1.70. The molecule has 6 rings (SSSR count). The molecule has 0 aliphatic heterocycles. The largest absolute Gasteiger partial charge is 0.360 e. The summed E-state index contributed by atoms with van der Waals surface area (Å²) in [4.78, 5) is 12.9. The zero-order valence-corrected chi connectivity index (χ0v) is 13.9. The minimum Gasteiger partial charge on any atom is -0.360 e. The average Bonchev–Trinajstić information content (AvgIpc) is 2.88. The first-order chi connectivity index (χ1) is 11.1.